The van der Waals surface area contributed by atoms with Crippen molar-refractivity contribution in [1.82, 2.24) is 9.78 Å². The highest BCUT2D eigenvalue weighted by Crippen LogP contribution is 2.33. The van der Waals surface area contributed by atoms with Gasteiger partial charge in [0, 0.05) is 12.6 Å². The van der Waals surface area contributed by atoms with Crippen molar-refractivity contribution in [2.24, 2.45) is 7.05 Å². The average molecular weight is 265 g/mol. The maximum atomic E-state index is 11.1. The number of carbonyl (C=O) groups is 1. The van der Waals surface area contributed by atoms with Gasteiger partial charge in [0.1, 0.15) is 16.6 Å². The third-order valence-corrected chi connectivity index (χ3v) is 3.02. The summed E-state index contributed by atoms with van der Waals surface area (Å²) in [5.41, 5.74) is 1.69. The average Bonchev–Trinajstić information content (AvgIpc) is 2.66. The van der Waals surface area contributed by atoms with Gasteiger partial charge in [-0.2, -0.15) is 5.10 Å². The van der Waals surface area contributed by atoms with E-state index in [4.69, 9.17) is 16.3 Å². The van der Waals surface area contributed by atoms with E-state index in [1.54, 1.807) is 7.05 Å². The fraction of sp³-hybridized carbons (Fsp3) is 0.231. The molecule has 0 bridgehead atoms. The van der Waals surface area contributed by atoms with Crippen molar-refractivity contribution in [2.45, 2.75) is 6.92 Å². The van der Waals surface area contributed by atoms with Crippen LogP contribution in [0.1, 0.15) is 17.3 Å². The molecule has 1 heterocycles. The van der Waals surface area contributed by atoms with Gasteiger partial charge < -0.3 is 4.74 Å². The fourth-order valence-electron chi connectivity index (χ4n) is 1.77. The van der Waals surface area contributed by atoms with Crippen molar-refractivity contribution in [3.63, 3.8) is 0 Å². The summed E-state index contributed by atoms with van der Waals surface area (Å²) in [6, 6.07) is 7.45. The Labute approximate surface area is 110 Å². The van der Waals surface area contributed by atoms with Gasteiger partial charge in [0.15, 0.2) is 6.29 Å². The van der Waals surface area contributed by atoms with Crippen LogP contribution in [0.4, 0.5) is 0 Å². The van der Waals surface area contributed by atoms with E-state index < -0.39 is 0 Å². The summed E-state index contributed by atoms with van der Waals surface area (Å²) in [5, 5.41) is 4.59. The minimum Gasteiger partial charge on any atom is -0.493 e. The van der Waals surface area contributed by atoms with E-state index in [2.05, 4.69) is 5.10 Å². The molecule has 0 radical (unpaired) electrons. The summed E-state index contributed by atoms with van der Waals surface area (Å²) in [6.07, 6.45) is 0.716. The standard InChI is InChI=1S/C13H13ClN2O2/c1-3-18-11-7-5-4-6-9(11)12-10(8-17)13(14)16(2)15-12/h4-8H,3H2,1-2H3. The van der Waals surface area contributed by atoms with Crippen molar-refractivity contribution in [2.75, 3.05) is 6.61 Å². The first-order valence-corrected chi connectivity index (χ1v) is 5.96. The van der Waals surface area contributed by atoms with Gasteiger partial charge in [-0.25, -0.2) is 0 Å². The molecule has 94 valence electrons. The SMILES string of the molecule is CCOc1ccccc1-c1nn(C)c(Cl)c1C=O. The van der Waals surface area contributed by atoms with Crippen LogP contribution >= 0.6 is 11.6 Å². The first kappa shape index (κ1) is 12.6. The predicted molar refractivity (Wildman–Crippen MR) is 70.2 cm³/mol. The second-order valence-electron chi connectivity index (χ2n) is 3.72. The van der Waals surface area contributed by atoms with Gasteiger partial charge in [-0.15, -0.1) is 0 Å². The van der Waals surface area contributed by atoms with Gasteiger partial charge in [-0.3, -0.25) is 9.48 Å². The Morgan fingerprint density at radius 1 is 1.44 bits per heavy atom. The quantitative estimate of drug-likeness (QED) is 0.798. The summed E-state index contributed by atoms with van der Waals surface area (Å²) in [6.45, 7) is 2.46. The van der Waals surface area contributed by atoms with Crippen LogP contribution in [-0.4, -0.2) is 22.7 Å². The Bertz CT molecular complexity index is 578. The van der Waals surface area contributed by atoms with E-state index >= 15 is 0 Å². The second-order valence-corrected chi connectivity index (χ2v) is 4.08. The van der Waals surface area contributed by atoms with Crippen LogP contribution < -0.4 is 4.74 Å². The number of hydrogen-bond donors (Lipinski definition) is 0. The molecule has 1 aromatic carbocycles. The van der Waals surface area contributed by atoms with E-state index in [1.165, 1.54) is 4.68 Å². The van der Waals surface area contributed by atoms with Crippen molar-refractivity contribution < 1.29 is 9.53 Å². The van der Waals surface area contributed by atoms with Gasteiger partial charge in [0.2, 0.25) is 0 Å². The lowest BCUT2D eigenvalue weighted by Crippen LogP contribution is -1.95. The molecule has 0 saturated heterocycles. The molecule has 0 amide bonds. The first-order chi connectivity index (χ1) is 8.69. The number of hydrogen-bond acceptors (Lipinski definition) is 3. The third-order valence-electron chi connectivity index (χ3n) is 2.57. The monoisotopic (exact) mass is 264 g/mol. The van der Waals surface area contributed by atoms with Crippen LogP contribution in [0, 0.1) is 0 Å². The molecule has 0 N–H and O–H groups in total. The van der Waals surface area contributed by atoms with Crippen molar-refractivity contribution >= 4 is 17.9 Å². The van der Waals surface area contributed by atoms with Gasteiger partial charge in [-0.1, -0.05) is 23.7 Å². The molecule has 0 fully saturated rings. The largest absolute Gasteiger partial charge is 0.493 e. The summed E-state index contributed by atoms with van der Waals surface area (Å²) < 4.78 is 7.01. The van der Waals surface area contributed by atoms with Gasteiger partial charge in [0.05, 0.1) is 12.2 Å². The molecule has 18 heavy (non-hydrogen) atoms. The highest BCUT2D eigenvalue weighted by atomic mass is 35.5. The van der Waals surface area contributed by atoms with Gasteiger partial charge >= 0.3 is 0 Å². The zero-order chi connectivity index (χ0) is 13.1. The van der Waals surface area contributed by atoms with E-state index in [0.29, 0.717) is 35.1 Å². The maximum absolute atomic E-state index is 11.1. The molecule has 0 spiro atoms. The van der Waals surface area contributed by atoms with E-state index in [-0.39, 0.29) is 0 Å². The highest BCUT2D eigenvalue weighted by Gasteiger charge is 2.18. The minimum absolute atomic E-state index is 0.325. The number of aldehydes is 1. The molecule has 2 aromatic rings. The number of aryl methyl sites for hydroxylation is 1. The first-order valence-electron chi connectivity index (χ1n) is 5.59. The lowest BCUT2D eigenvalue weighted by atomic mass is 10.1. The smallest absolute Gasteiger partial charge is 0.155 e. The Morgan fingerprint density at radius 2 is 2.17 bits per heavy atom. The number of rotatable bonds is 4. The summed E-state index contributed by atoms with van der Waals surface area (Å²) >= 11 is 6.02. The lowest BCUT2D eigenvalue weighted by molar-refractivity contribution is 0.112. The van der Waals surface area contributed by atoms with Crippen LogP contribution in [0.15, 0.2) is 24.3 Å². The Hall–Kier alpha value is -1.81. The number of carbonyl (C=O) groups excluding carboxylic acids is 1. The number of ether oxygens (including phenoxy) is 1. The van der Waals surface area contributed by atoms with E-state index in [1.807, 2.05) is 31.2 Å². The molecule has 5 heteroatoms. The Balaban J connectivity index is 2.61. The van der Waals surface area contributed by atoms with Crippen LogP contribution in [0.3, 0.4) is 0 Å². The fourth-order valence-corrected chi connectivity index (χ4v) is 1.94. The van der Waals surface area contributed by atoms with Crippen LogP contribution in [0.25, 0.3) is 11.3 Å². The Kier molecular flexibility index (Phi) is 3.67. The topological polar surface area (TPSA) is 44.1 Å². The predicted octanol–water partition coefficient (Wildman–Crippen LogP) is 2.95. The molecule has 0 atom stereocenters. The number of benzene rings is 1. The third kappa shape index (κ3) is 2.11. The maximum Gasteiger partial charge on any atom is 0.155 e. The summed E-state index contributed by atoms with van der Waals surface area (Å²) in [4.78, 5) is 11.1. The number of aromatic nitrogens is 2. The molecule has 0 unspecified atom stereocenters. The van der Waals surface area contributed by atoms with Crippen LogP contribution in [0.5, 0.6) is 5.75 Å². The van der Waals surface area contributed by atoms with Crippen LogP contribution in [0.2, 0.25) is 5.15 Å². The van der Waals surface area contributed by atoms with Gasteiger partial charge in [-0.05, 0) is 19.1 Å². The van der Waals surface area contributed by atoms with Gasteiger partial charge in [0.25, 0.3) is 0 Å². The second kappa shape index (κ2) is 5.23. The molecule has 4 nitrogen and oxygen atoms in total. The zero-order valence-electron chi connectivity index (χ0n) is 10.2. The number of para-hydroxylation sites is 1. The van der Waals surface area contributed by atoms with E-state index in [0.717, 1.165) is 5.56 Å². The van der Waals surface area contributed by atoms with E-state index in [9.17, 15) is 4.79 Å². The molecular weight excluding hydrogens is 252 g/mol. The van der Waals surface area contributed by atoms with Crippen molar-refractivity contribution in [1.29, 1.82) is 0 Å². The molecule has 0 aliphatic carbocycles. The van der Waals surface area contributed by atoms with Crippen molar-refractivity contribution in [3.8, 4) is 17.0 Å². The number of halogens is 1. The zero-order valence-corrected chi connectivity index (χ0v) is 10.9. The molecule has 1 aromatic heterocycles. The molecular formula is C13H13ClN2O2. The molecule has 2 rings (SSSR count). The molecule has 0 aliphatic rings. The molecule has 0 aliphatic heterocycles. The Morgan fingerprint density at radius 3 is 2.83 bits per heavy atom. The number of nitrogens with zero attached hydrogens (tertiary/aromatic N) is 2. The highest BCUT2D eigenvalue weighted by molar-refractivity contribution is 6.32. The molecule has 0 saturated carbocycles. The normalized spacial score (nSPS) is 10.4. The van der Waals surface area contributed by atoms with Crippen molar-refractivity contribution in [3.05, 3.63) is 35.0 Å². The van der Waals surface area contributed by atoms with Crippen LogP contribution in [-0.2, 0) is 7.05 Å². The minimum atomic E-state index is 0.325. The lowest BCUT2D eigenvalue weighted by Gasteiger charge is -2.08. The summed E-state index contributed by atoms with van der Waals surface area (Å²) in [5.74, 6) is 0.692. The summed E-state index contributed by atoms with van der Waals surface area (Å²) in [7, 11) is 1.70.